The van der Waals surface area contributed by atoms with Gasteiger partial charge in [0.25, 0.3) is 0 Å². The number of carbonyl (C=O) groups excluding carboxylic acids is 1. The minimum atomic E-state index is -0.336. The zero-order chi connectivity index (χ0) is 13.0. The predicted molar refractivity (Wildman–Crippen MR) is 77.9 cm³/mol. The van der Waals surface area contributed by atoms with E-state index in [9.17, 15) is 4.79 Å². The summed E-state index contributed by atoms with van der Waals surface area (Å²) in [6.45, 7) is 10.1. The molecule has 0 radical (unpaired) electrons. The van der Waals surface area contributed by atoms with Crippen LogP contribution in [-0.2, 0) is 4.79 Å². The molecule has 108 valence electrons. The van der Waals surface area contributed by atoms with Crippen LogP contribution in [0.2, 0.25) is 0 Å². The molecule has 18 heavy (non-hydrogen) atoms. The van der Waals surface area contributed by atoms with Crippen molar-refractivity contribution < 1.29 is 4.79 Å². The molecule has 0 aromatic rings. The van der Waals surface area contributed by atoms with Crippen LogP contribution < -0.4 is 5.73 Å². The molecular weight excluding hydrogens is 250 g/mol. The summed E-state index contributed by atoms with van der Waals surface area (Å²) in [7, 11) is 2.13. The number of hydrogen-bond donors (Lipinski definition) is 1. The molecule has 5 heteroatoms. The van der Waals surface area contributed by atoms with E-state index >= 15 is 0 Å². The second-order valence-corrected chi connectivity index (χ2v) is 5.56. The molecule has 0 aliphatic carbocycles. The van der Waals surface area contributed by atoms with Crippen molar-refractivity contribution in [3.8, 4) is 0 Å². The van der Waals surface area contributed by atoms with Crippen LogP contribution in [-0.4, -0.2) is 55.0 Å². The number of carbonyl (C=O) groups is 1. The molecule has 1 rings (SSSR count). The first-order chi connectivity index (χ1) is 7.95. The number of amides is 1. The monoisotopic (exact) mass is 277 g/mol. The second kappa shape index (κ2) is 7.97. The molecule has 1 aliphatic rings. The van der Waals surface area contributed by atoms with E-state index in [1.54, 1.807) is 0 Å². The Morgan fingerprint density at radius 2 is 2.11 bits per heavy atom. The summed E-state index contributed by atoms with van der Waals surface area (Å²) in [6, 6.07) is -0.336. The highest BCUT2D eigenvalue weighted by atomic mass is 35.5. The maximum absolute atomic E-state index is 12.1. The summed E-state index contributed by atoms with van der Waals surface area (Å²) in [4.78, 5) is 16.3. The zero-order valence-corrected chi connectivity index (χ0v) is 12.9. The van der Waals surface area contributed by atoms with Crippen LogP contribution in [0.5, 0.6) is 0 Å². The summed E-state index contributed by atoms with van der Waals surface area (Å²) in [5.41, 5.74) is 5.91. The molecule has 0 bridgehead atoms. The van der Waals surface area contributed by atoms with Crippen LogP contribution >= 0.6 is 12.4 Å². The Morgan fingerprint density at radius 1 is 1.50 bits per heavy atom. The van der Waals surface area contributed by atoms with Gasteiger partial charge in [-0.3, -0.25) is 4.79 Å². The maximum Gasteiger partial charge on any atom is 0.239 e. The lowest BCUT2D eigenvalue weighted by Gasteiger charge is -2.24. The first kappa shape index (κ1) is 17.7. The Morgan fingerprint density at radius 3 is 2.61 bits per heavy atom. The Kier molecular flexibility index (Phi) is 7.83. The lowest BCUT2D eigenvalue weighted by Crippen LogP contribution is -2.45. The lowest BCUT2D eigenvalue weighted by atomic mass is 10.0. The predicted octanol–water partition coefficient (Wildman–Crippen LogP) is 1.19. The molecule has 1 aliphatic heterocycles. The summed E-state index contributed by atoms with van der Waals surface area (Å²) >= 11 is 0. The van der Waals surface area contributed by atoms with Gasteiger partial charge in [0, 0.05) is 19.6 Å². The van der Waals surface area contributed by atoms with Gasteiger partial charge in [-0.15, -0.1) is 12.4 Å². The zero-order valence-electron chi connectivity index (χ0n) is 12.1. The third-order valence-electron chi connectivity index (χ3n) is 3.71. The van der Waals surface area contributed by atoms with E-state index in [4.69, 9.17) is 5.73 Å². The minimum absolute atomic E-state index is 0. The maximum atomic E-state index is 12.1. The highest BCUT2D eigenvalue weighted by Gasteiger charge is 2.30. The van der Waals surface area contributed by atoms with Gasteiger partial charge in [-0.1, -0.05) is 20.8 Å². The molecule has 1 amide bonds. The lowest BCUT2D eigenvalue weighted by molar-refractivity contribution is -0.132. The van der Waals surface area contributed by atoms with Crippen molar-refractivity contribution in [1.29, 1.82) is 0 Å². The van der Waals surface area contributed by atoms with Crippen LogP contribution in [0.4, 0.5) is 0 Å². The van der Waals surface area contributed by atoms with E-state index in [-0.39, 0.29) is 30.3 Å². The van der Waals surface area contributed by atoms with E-state index in [0.29, 0.717) is 5.92 Å². The van der Waals surface area contributed by atoms with Gasteiger partial charge in [0.2, 0.25) is 5.91 Å². The van der Waals surface area contributed by atoms with Gasteiger partial charge in [0.05, 0.1) is 6.04 Å². The van der Waals surface area contributed by atoms with Gasteiger partial charge in [-0.2, -0.15) is 0 Å². The SMILES string of the molecule is CCN(C)CC1CCN(C(=O)[C@@H](N)C(C)C)C1.Cl. The van der Waals surface area contributed by atoms with E-state index in [1.807, 2.05) is 18.7 Å². The normalized spacial score (nSPS) is 21.3. The summed E-state index contributed by atoms with van der Waals surface area (Å²) in [5, 5.41) is 0. The molecule has 0 saturated carbocycles. The van der Waals surface area contributed by atoms with E-state index in [0.717, 1.165) is 32.6 Å². The second-order valence-electron chi connectivity index (χ2n) is 5.56. The van der Waals surface area contributed by atoms with Crippen molar-refractivity contribution in [2.45, 2.75) is 33.2 Å². The third kappa shape index (κ3) is 4.75. The first-order valence-electron chi connectivity index (χ1n) is 6.68. The number of rotatable bonds is 5. The van der Waals surface area contributed by atoms with Crippen molar-refractivity contribution in [3.63, 3.8) is 0 Å². The number of likely N-dealkylation sites (tertiary alicyclic amines) is 1. The smallest absolute Gasteiger partial charge is 0.239 e. The standard InChI is InChI=1S/C13H27N3O.ClH/c1-5-15(4)8-11-6-7-16(9-11)13(17)12(14)10(2)3;/h10-12H,5-9,14H2,1-4H3;1H/t11?,12-;/m0./s1. The van der Waals surface area contributed by atoms with Crippen molar-refractivity contribution in [3.05, 3.63) is 0 Å². The first-order valence-corrected chi connectivity index (χ1v) is 6.68. The van der Waals surface area contributed by atoms with Crippen molar-refractivity contribution in [2.75, 3.05) is 33.2 Å². The van der Waals surface area contributed by atoms with Crippen LogP contribution in [0.1, 0.15) is 27.2 Å². The van der Waals surface area contributed by atoms with Crippen LogP contribution in [0.15, 0.2) is 0 Å². The average Bonchev–Trinajstić information content (AvgIpc) is 2.75. The van der Waals surface area contributed by atoms with Crippen LogP contribution in [0.25, 0.3) is 0 Å². The molecule has 2 N–H and O–H groups in total. The van der Waals surface area contributed by atoms with Gasteiger partial charge in [0.1, 0.15) is 0 Å². The molecule has 4 nitrogen and oxygen atoms in total. The van der Waals surface area contributed by atoms with Crippen LogP contribution in [0, 0.1) is 11.8 Å². The Labute approximate surface area is 117 Å². The summed E-state index contributed by atoms with van der Waals surface area (Å²) < 4.78 is 0. The molecule has 1 saturated heterocycles. The van der Waals surface area contributed by atoms with Crippen LogP contribution in [0.3, 0.4) is 0 Å². The molecule has 1 unspecified atom stereocenters. The number of nitrogens with two attached hydrogens (primary N) is 1. The molecular formula is C13H28ClN3O. The summed E-state index contributed by atoms with van der Waals surface area (Å²) in [6.07, 6.45) is 1.11. The van der Waals surface area contributed by atoms with E-state index < -0.39 is 0 Å². The minimum Gasteiger partial charge on any atom is -0.341 e. The van der Waals surface area contributed by atoms with Crippen molar-refractivity contribution >= 4 is 18.3 Å². The number of nitrogens with zero attached hydrogens (tertiary/aromatic N) is 2. The highest BCUT2D eigenvalue weighted by Crippen LogP contribution is 2.18. The molecule has 0 aromatic carbocycles. The van der Waals surface area contributed by atoms with Gasteiger partial charge in [-0.05, 0) is 31.8 Å². The van der Waals surface area contributed by atoms with Gasteiger partial charge < -0.3 is 15.5 Å². The fourth-order valence-electron chi connectivity index (χ4n) is 2.25. The summed E-state index contributed by atoms with van der Waals surface area (Å²) in [5.74, 6) is 0.963. The van der Waals surface area contributed by atoms with Crippen molar-refractivity contribution in [1.82, 2.24) is 9.80 Å². The molecule has 0 aromatic heterocycles. The molecule has 2 atom stereocenters. The largest absolute Gasteiger partial charge is 0.341 e. The number of halogens is 1. The van der Waals surface area contributed by atoms with Crippen molar-refractivity contribution in [2.24, 2.45) is 17.6 Å². The van der Waals surface area contributed by atoms with E-state index in [2.05, 4.69) is 18.9 Å². The van der Waals surface area contributed by atoms with Gasteiger partial charge in [0.15, 0.2) is 0 Å². The van der Waals surface area contributed by atoms with Gasteiger partial charge in [-0.25, -0.2) is 0 Å². The molecule has 0 spiro atoms. The fraction of sp³-hybridized carbons (Fsp3) is 0.923. The number of hydrogen-bond acceptors (Lipinski definition) is 3. The fourth-order valence-corrected chi connectivity index (χ4v) is 2.25. The Balaban J connectivity index is 0.00000289. The average molecular weight is 278 g/mol. The van der Waals surface area contributed by atoms with E-state index in [1.165, 1.54) is 0 Å². The molecule has 1 fully saturated rings. The Hall–Kier alpha value is -0.320. The Bertz CT molecular complexity index is 261. The third-order valence-corrected chi connectivity index (χ3v) is 3.71. The van der Waals surface area contributed by atoms with Gasteiger partial charge >= 0.3 is 0 Å². The quantitative estimate of drug-likeness (QED) is 0.821. The topological polar surface area (TPSA) is 49.6 Å². The highest BCUT2D eigenvalue weighted by molar-refractivity contribution is 5.85. The molecule has 1 heterocycles.